The minimum atomic E-state index is -0.843. The van der Waals surface area contributed by atoms with Gasteiger partial charge in [0.25, 0.3) is 0 Å². The van der Waals surface area contributed by atoms with Crippen molar-refractivity contribution in [3.8, 4) is 5.75 Å². The van der Waals surface area contributed by atoms with Crippen molar-refractivity contribution in [2.24, 2.45) is 0 Å². The predicted molar refractivity (Wildman–Crippen MR) is 116 cm³/mol. The number of phenolic OH excluding ortho intramolecular Hbond substituents is 1. The lowest BCUT2D eigenvalue weighted by Gasteiger charge is -2.43. The van der Waals surface area contributed by atoms with Gasteiger partial charge in [0, 0.05) is 37.3 Å². The molecule has 4 rings (SSSR count). The Bertz CT molecular complexity index is 1050. The standard InChI is InChI=1S/C23H20Cl2F2N2O/c24-17-4-2-16(3-5-17)23-14-28(13-15-1-7-20(26)21(27)11-15)9-10-29(23)22-8-6-18(30)12-19(22)25/h1-8,11-12,23,30H,9-10,13-14H2. The molecular weight excluding hydrogens is 429 g/mol. The predicted octanol–water partition coefficient (Wildman–Crippen LogP) is 6.04. The molecule has 1 aliphatic heterocycles. The Balaban J connectivity index is 1.62. The lowest BCUT2D eigenvalue weighted by molar-refractivity contribution is 0.215. The van der Waals surface area contributed by atoms with E-state index < -0.39 is 11.6 Å². The van der Waals surface area contributed by atoms with Crippen molar-refractivity contribution in [3.05, 3.63) is 93.5 Å². The molecule has 1 saturated heterocycles. The Labute approximate surface area is 184 Å². The Morgan fingerprint density at radius 2 is 1.67 bits per heavy atom. The summed E-state index contributed by atoms with van der Waals surface area (Å²) in [5.74, 6) is -1.57. The van der Waals surface area contributed by atoms with Gasteiger partial charge in [0.05, 0.1) is 16.8 Å². The highest BCUT2D eigenvalue weighted by Gasteiger charge is 2.30. The first-order chi connectivity index (χ1) is 14.4. The van der Waals surface area contributed by atoms with Crippen molar-refractivity contribution in [1.82, 2.24) is 4.90 Å². The first-order valence-corrected chi connectivity index (χ1v) is 10.3. The summed E-state index contributed by atoms with van der Waals surface area (Å²) in [5, 5.41) is 10.8. The maximum absolute atomic E-state index is 13.6. The molecule has 3 aromatic carbocycles. The van der Waals surface area contributed by atoms with Crippen molar-refractivity contribution in [1.29, 1.82) is 0 Å². The fourth-order valence-corrected chi connectivity index (χ4v) is 4.28. The number of nitrogens with zero attached hydrogens (tertiary/aromatic N) is 2. The van der Waals surface area contributed by atoms with Crippen LogP contribution >= 0.6 is 23.2 Å². The van der Waals surface area contributed by atoms with E-state index in [1.54, 1.807) is 12.1 Å². The van der Waals surface area contributed by atoms with E-state index in [-0.39, 0.29) is 11.8 Å². The number of hydrogen-bond acceptors (Lipinski definition) is 3. The fraction of sp³-hybridized carbons (Fsp3) is 0.217. The monoisotopic (exact) mass is 448 g/mol. The summed E-state index contributed by atoms with van der Waals surface area (Å²) >= 11 is 12.5. The summed E-state index contributed by atoms with van der Waals surface area (Å²) < 4.78 is 26.9. The van der Waals surface area contributed by atoms with Crippen LogP contribution in [-0.2, 0) is 6.54 Å². The Kier molecular flexibility index (Phi) is 6.14. The lowest BCUT2D eigenvalue weighted by Crippen LogP contribution is -2.48. The fourth-order valence-electron chi connectivity index (χ4n) is 3.87. The molecule has 1 fully saturated rings. The van der Waals surface area contributed by atoms with E-state index in [1.807, 2.05) is 30.3 Å². The van der Waals surface area contributed by atoms with E-state index >= 15 is 0 Å². The maximum Gasteiger partial charge on any atom is 0.159 e. The molecule has 0 radical (unpaired) electrons. The van der Waals surface area contributed by atoms with Gasteiger partial charge in [-0.25, -0.2) is 8.78 Å². The molecule has 30 heavy (non-hydrogen) atoms. The number of piperazine rings is 1. The third-order valence-electron chi connectivity index (χ3n) is 5.35. The van der Waals surface area contributed by atoms with Crippen molar-refractivity contribution < 1.29 is 13.9 Å². The summed E-state index contributed by atoms with van der Waals surface area (Å²) in [6, 6.07) is 16.6. The number of anilines is 1. The zero-order chi connectivity index (χ0) is 21.3. The summed E-state index contributed by atoms with van der Waals surface area (Å²) in [6.07, 6.45) is 0. The van der Waals surface area contributed by atoms with Gasteiger partial charge < -0.3 is 10.0 Å². The SMILES string of the molecule is Oc1ccc(N2CCN(Cc3ccc(F)c(F)c3)CC2c2ccc(Cl)cc2)c(Cl)c1. The molecule has 0 saturated carbocycles. The van der Waals surface area contributed by atoms with E-state index in [9.17, 15) is 13.9 Å². The van der Waals surface area contributed by atoms with Crippen LogP contribution in [0.5, 0.6) is 5.75 Å². The highest BCUT2D eigenvalue weighted by Crippen LogP contribution is 2.37. The zero-order valence-electron chi connectivity index (χ0n) is 16.0. The Morgan fingerprint density at radius 1 is 0.900 bits per heavy atom. The van der Waals surface area contributed by atoms with Crippen LogP contribution in [0.15, 0.2) is 60.7 Å². The summed E-state index contributed by atoms with van der Waals surface area (Å²) in [5.41, 5.74) is 2.63. The highest BCUT2D eigenvalue weighted by atomic mass is 35.5. The summed E-state index contributed by atoms with van der Waals surface area (Å²) in [4.78, 5) is 4.41. The third-order valence-corrected chi connectivity index (χ3v) is 5.90. The van der Waals surface area contributed by atoms with Crippen molar-refractivity contribution in [3.63, 3.8) is 0 Å². The molecule has 3 aromatic rings. The minimum Gasteiger partial charge on any atom is -0.508 e. The van der Waals surface area contributed by atoms with Gasteiger partial charge in [-0.2, -0.15) is 0 Å². The molecule has 1 N–H and O–H groups in total. The Hall–Kier alpha value is -2.34. The van der Waals surface area contributed by atoms with Gasteiger partial charge >= 0.3 is 0 Å². The van der Waals surface area contributed by atoms with Crippen LogP contribution in [0.4, 0.5) is 14.5 Å². The van der Waals surface area contributed by atoms with E-state index in [2.05, 4.69) is 9.80 Å². The zero-order valence-corrected chi connectivity index (χ0v) is 17.5. The minimum absolute atomic E-state index is 0.0247. The van der Waals surface area contributed by atoms with Gasteiger partial charge in [0.15, 0.2) is 11.6 Å². The topological polar surface area (TPSA) is 26.7 Å². The van der Waals surface area contributed by atoms with Gasteiger partial charge in [-0.05, 0) is 47.5 Å². The van der Waals surface area contributed by atoms with Crippen LogP contribution in [0.25, 0.3) is 0 Å². The molecule has 0 aromatic heterocycles. The molecular formula is C23H20Cl2F2N2O. The van der Waals surface area contributed by atoms with Crippen LogP contribution in [0.2, 0.25) is 10.0 Å². The summed E-state index contributed by atoms with van der Waals surface area (Å²) in [6.45, 7) is 2.58. The molecule has 1 aliphatic rings. The van der Waals surface area contributed by atoms with Gasteiger partial charge in [-0.15, -0.1) is 0 Å². The molecule has 7 heteroatoms. The largest absolute Gasteiger partial charge is 0.508 e. The Morgan fingerprint density at radius 3 is 2.37 bits per heavy atom. The maximum atomic E-state index is 13.6. The molecule has 0 spiro atoms. The first-order valence-electron chi connectivity index (χ1n) is 9.57. The number of aromatic hydroxyl groups is 1. The van der Waals surface area contributed by atoms with Crippen molar-refractivity contribution in [2.45, 2.75) is 12.6 Å². The van der Waals surface area contributed by atoms with Gasteiger partial charge in [0.2, 0.25) is 0 Å². The number of halogens is 4. The summed E-state index contributed by atoms with van der Waals surface area (Å²) in [7, 11) is 0. The number of rotatable bonds is 4. The molecule has 0 bridgehead atoms. The smallest absolute Gasteiger partial charge is 0.159 e. The van der Waals surface area contributed by atoms with Crippen LogP contribution in [0.3, 0.4) is 0 Å². The second-order valence-electron chi connectivity index (χ2n) is 7.38. The average molecular weight is 449 g/mol. The number of phenols is 1. The molecule has 1 unspecified atom stereocenters. The first kappa shape index (κ1) is 20.9. The van der Waals surface area contributed by atoms with Crippen LogP contribution in [0, 0.1) is 11.6 Å². The van der Waals surface area contributed by atoms with Gasteiger partial charge in [-0.3, -0.25) is 4.90 Å². The molecule has 3 nitrogen and oxygen atoms in total. The second-order valence-corrected chi connectivity index (χ2v) is 8.22. The molecule has 0 aliphatic carbocycles. The van der Waals surface area contributed by atoms with Gasteiger partial charge in [0.1, 0.15) is 5.75 Å². The van der Waals surface area contributed by atoms with E-state index in [1.165, 1.54) is 12.1 Å². The molecule has 156 valence electrons. The van der Waals surface area contributed by atoms with Crippen molar-refractivity contribution in [2.75, 3.05) is 24.5 Å². The van der Waals surface area contributed by atoms with Crippen LogP contribution < -0.4 is 4.90 Å². The second kappa shape index (κ2) is 8.80. The quantitative estimate of drug-likeness (QED) is 0.526. The van der Waals surface area contributed by atoms with Gasteiger partial charge in [-0.1, -0.05) is 41.4 Å². The third kappa shape index (κ3) is 4.53. The molecule has 0 amide bonds. The van der Waals surface area contributed by atoms with Crippen LogP contribution in [0.1, 0.15) is 17.2 Å². The molecule has 1 atom stereocenters. The highest BCUT2D eigenvalue weighted by molar-refractivity contribution is 6.33. The molecule has 1 heterocycles. The number of hydrogen-bond donors (Lipinski definition) is 1. The van der Waals surface area contributed by atoms with E-state index in [0.717, 1.165) is 29.4 Å². The van der Waals surface area contributed by atoms with Crippen LogP contribution in [-0.4, -0.2) is 29.6 Å². The lowest BCUT2D eigenvalue weighted by atomic mass is 10.0. The number of benzene rings is 3. The average Bonchev–Trinajstić information content (AvgIpc) is 2.72. The van der Waals surface area contributed by atoms with E-state index in [4.69, 9.17) is 23.2 Å². The van der Waals surface area contributed by atoms with Crippen molar-refractivity contribution >= 4 is 28.9 Å². The van der Waals surface area contributed by atoms with E-state index in [0.29, 0.717) is 29.7 Å². The normalized spacial score (nSPS) is 17.3.